The molecule has 1 nitrogen and oxygen atoms in total. The Kier molecular flexibility index (Phi) is 8.90. The molecule has 0 aliphatic carbocycles. The van der Waals surface area contributed by atoms with Crippen LogP contribution in [0.3, 0.4) is 0 Å². The maximum Gasteiger partial charge on any atom is 0.0648 e. The Bertz CT molecular complexity index is 456. The number of hydrogen-bond acceptors (Lipinski definition) is 1. The lowest BCUT2D eigenvalue weighted by atomic mass is 10.0. The van der Waals surface area contributed by atoms with Gasteiger partial charge < -0.3 is 4.74 Å². The van der Waals surface area contributed by atoms with Crippen LogP contribution in [0, 0.1) is 0 Å². The van der Waals surface area contributed by atoms with Crippen LogP contribution in [-0.4, -0.2) is 12.7 Å². The van der Waals surface area contributed by atoms with Crippen LogP contribution in [0.15, 0.2) is 79.9 Å². The Morgan fingerprint density at radius 2 is 1.86 bits per heavy atom. The third-order valence-corrected chi connectivity index (χ3v) is 3.40. The van der Waals surface area contributed by atoms with E-state index >= 15 is 0 Å². The van der Waals surface area contributed by atoms with Gasteiger partial charge >= 0.3 is 0 Å². The van der Waals surface area contributed by atoms with Gasteiger partial charge in [-0.2, -0.15) is 0 Å². The highest BCUT2D eigenvalue weighted by molar-refractivity contribution is 5.21. The summed E-state index contributed by atoms with van der Waals surface area (Å²) in [6, 6.07) is 10.5. The molecule has 0 heterocycles. The minimum absolute atomic E-state index is 0.247. The molecule has 21 heavy (non-hydrogen) atoms. The first-order valence-corrected chi connectivity index (χ1v) is 7.50. The number of hydrogen-bond donors (Lipinski definition) is 0. The second-order valence-corrected chi connectivity index (χ2v) is 4.99. The highest BCUT2D eigenvalue weighted by Crippen LogP contribution is 2.16. The van der Waals surface area contributed by atoms with Gasteiger partial charge in [0.1, 0.15) is 0 Å². The van der Waals surface area contributed by atoms with Gasteiger partial charge in [0.05, 0.1) is 12.7 Å². The van der Waals surface area contributed by atoms with E-state index in [1.54, 1.807) is 6.08 Å². The Morgan fingerprint density at radius 3 is 2.48 bits per heavy atom. The molecule has 1 heteroatoms. The SMILES string of the molecule is C=C/C=C(\C=C)CCC(CCc1ccccc1)OCC=C. The van der Waals surface area contributed by atoms with E-state index < -0.39 is 0 Å². The lowest BCUT2D eigenvalue weighted by Crippen LogP contribution is -2.14. The van der Waals surface area contributed by atoms with E-state index in [2.05, 4.69) is 44.0 Å². The zero-order valence-electron chi connectivity index (χ0n) is 12.8. The number of aryl methyl sites for hydroxylation is 1. The molecule has 0 bridgehead atoms. The smallest absolute Gasteiger partial charge is 0.0648 e. The maximum absolute atomic E-state index is 5.88. The largest absolute Gasteiger partial charge is 0.374 e. The van der Waals surface area contributed by atoms with Crippen LogP contribution in [0.4, 0.5) is 0 Å². The van der Waals surface area contributed by atoms with E-state index in [-0.39, 0.29) is 6.10 Å². The van der Waals surface area contributed by atoms with Crippen LogP contribution in [0.2, 0.25) is 0 Å². The minimum atomic E-state index is 0.247. The molecule has 0 saturated heterocycles. The van der Waals surface area contributed by atoms with Crippen molar-refractivity contribution in [2.45, 2.75) is 31.8 Å². The maximum atomic E-state index is 5.88. The Morgan fingerprint density at radius 1 is 1.10 bits per heavy atom. The van der Waals surface area contributed by atoms with Gasteiger partial charge in [-0.25, -0.2) is 0 Å². The fourth-order valence-electron chi connectivity index (χ4n) is 2.22. The van der Waals surface area contributed by atoms with Crippen molar-refractivity contribution in [2.75, 3.05) is 6.61 Å². The van der Waals surface area contributed by atoms with Gasteiger partial charge in [-0.15, -0.1) is 6.58 Å². The van der Waals surface area contributed by atoms with Crippen LogP contribution in [0.25, 0.3) is 0 Å². The van der Waals surface area contributed by atoms with Crippen molar-refractivity contribution in [3.63, 3.8) is 0 Å². The van der Waals surface area contributed by atoms with Crippen LogP contribution in [0.5, 0.6) is 0 Å². The summed E-state index contributed by atoms with van der Waals surface area (Å²) in [4.78, 5) is 0. The second kappa shape index (κ2) is 10.9. The van der Waals surface area contributed by atoms with E-state index in [1.807, 2.05) is 24.3 Å². The van der Waals surface area contributed by atoms with Crippen molar-refractivity contribution >= 4 is 0 Å². The average molecular weight is 282 g/mol. The minimum Gasteiger partial charge on any atom is -0.374 e. The highest BCUT2D eigenvalue weighted by Gasteiger charge is 2.09. The zero-order chi connectivity index (χ0) is 15.3. The zero-order valence-corrected chi connectivity index (χ0v) is 12.8. The van der Waals surface area contributed by atoms with Crippen molar-refractivity contribution in [3.05, 3.63) is 85.5 Å². The Balaban J connectivity index is 2.50. The molecular formula is C20H26O. The summed E-state index contributed by atoms with van der Waals surface area (Å²) >= 11 is 0. The molecule has 1 rings (SSSR count). The molecule has 0 aromatic heterocycles. The lowest BCUT2D eigenvalue weighted by molar-refractivity contribution is 0.0621. The average Bonchev–Trinajstić information content (AvgIpc) is 2.53. The van der Waals surface area contributed by atoms with E-state index in [1.165, 1.54) is 11.1 Å². The fraction of sp³-hybridized carbons (Fsp3) is 0.300. The number of rotatable bonds is 11. The van der Waals surface area contributed by atoms with E-state index in [4.69, 9.17) is 4.74 Å². The van der Waals surface area contributed by atoms with Crippen molar-refractivity contribution in [1.82, 2.24) is 0 Å². The normalized spacial score (nSPS) is 12.7. The van der Waals surface area contributed by atoms with Gasteiger partial charge in [0.25, 0.3) is 0 Å². The monoisotopic (exact) mass is 282 g/mol. The molecule has 0 saturated carbocycles. The van der Waals surface area contributed by atoms with E-state index in [0.717, 1.165) is 25.7 Å². The van der Waals surface area contributed by atoms with Gasteiger partial charge in [-0.1, -0.05) is 67.8 Å². The van der Waals surface area contributed by atoms with Crippen LogP contribution < -0.4 is 0 Å². The molecule has 0 aliphatic heterocycles. The summed E-state index contributed by atoms with van der Waals surface area (Å²) in [6.07, 6.45) is 11.8. The Labute approximate surface area is 129 Å². The predicted molar refractivity (Wildman–Crippen MR) is 92.4 cm³/mol. The molecule has 1 aromatic carbocycles. The molecule has 0 aliphatic rings. The molecule has 112 valence electrons. The number of ether oxygens (including phenoxy) is 1. The lowest BCUT2D eigenvalue weighted by Gasteiger charge is -2.17. The van der Waals surface area contributed by atoms with Crippen LogP contribution in [-0.2, 0) is 11.2 Å². The molecule has 1 atom stereocenters. The topological polar surface area (TPSA) is 9.23 Å². The number of allylic oxidation sites excluding steroid dienone is 4. The van der Waals surface area contributed by atoms with Gasteiger partial charge in [-0.3, -0.25) is 0 Å². The third kappa shape index (κ3) is 7.48. The Hall–Kier alpha value is -1.86. The molecule has 0 spiro atoms. The molecular weight excluding hydrogens is 256 g/mol. The van der Waals surface area contributed by atoms with Gasteiger partial charge in [0, 0.05) is 0 Å². The van der Waals surface area contributed by atoms with E-state index in [9.17, 15) is 0 Å². The molecule has 0 radical (unpaired) electrons. The first kappa shape index (κ1) is 17.2. The predicted octanol–water partition coefficient (Wildman–Crippen LogP) is 5.27. The molecule has 0 N–H and O–H groups in total. The summed E-state index contributed by atoms with van der Waals surface area (Å²) in [5.74, 6) is 0. The van der Waals surface area contributed by atoms with Crippen molar-refractivity contribution in [2.24, 2.45) is 0 Å². The summed E-state index contributed by atoms with van der Waals surface area (Å²) in [6.45, 7) is 11.9. The van der Waals surface area contributed by atoms with Crippen molar-refractivity contribution < 1.29 is 4.74 Å². The summed E-state index contributed by atoms with van der Waals surface area (Å²) in [7, 11) is 0. The molecule has 0 amide bonds. The van der Waals surface area contributed by atoms with Crippen molar-refractivity contribution in [1.29, 1.82) is 0 Å². The molecule has 0 fully saturated rings. The standard InChI is InChI=1S/C20H26O/c1-4-10-18(6-3)13-15-20(21-17-5-2)16-14-19-11-8-7-9-12-19/h4-12,20H,1-3,13-17H2/b18-10+. The number of benzene rings is 1. The first-order valence-electron chi connectivity index (χ1n) is 7.50. The highest BCUT2D eigenvalue weighted by atomic mass is 16.5. The van der Waals surface area contributed by atoms with Crippen LogP contribution >= 0.6 is 0 Å². The first-order chi connectivity index (χ1) is 10.3. The van der Waals surface area contributed by atoms with Crippen molar-refractivity contribution in [3.8, 4) is 0 Å². The van der Waals surface area contributed by atoms with Gasteiger partial charge in [0.2, 0.25) is 0 Å². The summed E-state index contributed by atoms with van der Waals surface area (Å²) < 4.78 is 5.88. The van der Waals surface area contributed by atoms with Crippen LogP contribution in [0.1, 0.15) is 24.8 Å². The summed E-state index contributed by atoms with van der Waals surface area (Å²) in [5, 5.41) is 0. The van der Waals surface area contributed by atoms with E-state index in [0.29, 0.717) is 6.61 Å². The van der Waals surface area contributed by atoms with Gasteiger partial charge in [0.15, 0.2) is 0 Å². The molecule has 1 aromatic rings. The summed E-state index contributed by atoms with van der Waals surface area (Å²) in [5.41, 5.74) is 2.56. The van der Waals surface area contributed by atoms with Gasteiger partial charge in [-0.05, 0) is 36.8 Å². The molecule has 1 unspecified atom stereocenters. The second-order valence-electron chi connectivity index (χ2n) is 4.99. The fourth-order valence-corrected chi connectivity index (χ4v) is 2.22. The quantitative estimate of drug-likeness (QED) is 0.397. The third-order valence-electron chi connectivity index (χ3n) is 3.40.